The Balaban J connectivity index is 1.80. The number of aryl methyl sites for hydroxylation is 1. The largest absolute Gasteiger partial charge is 0.494 e. The molecule has 1 aromatic carbocycles. The van der Waals surface area contributed by atoms with Crippen molar-refractivity contribution in [1.82, 2.24) is 10.3 Å². The fourth-order valence-corrected chi connectivity index (χ4v) is 3.95. The van der Waals surface area contributed by atoms with Crippen molar-refractivity contribution in [3.8, 4) is 11.8 Å². The van der Waals surface area contributed by atoms with Crippen LogP contribution in [0.2, 0.25) is 0 Å². The van der Waals surface area contributed by atoms with Crippen molar-refractivity contribution in [3.63, 3.8) is 0 Å². The summed E-state index contributed by atoms with van der Waals surface area (Å²) in [5, 5.41) is 14.3. The molecule has 0 radical (unpaired) electrons. The van der Waals surface area contributed by atoms with Crippen LogP contribution in [-0.4, -0.2) is 35.7 Å². The lowest BCUT2D eigenvalue weighted by Crippen LogP contribution is -2.32. The molecule has 2 aromatic rings. The lowest BCUT2D eigenvalue weighted by Gasteiger charge is -2.07. The summed E-state index contributed by atoms with van der Waals surface area (Å²) in [6.45, 7) is 4.40. The van der Waals surface area contributed by atoms with E-state index >= 15 is 0 Å². The predicted molar refractivity (Wildman–Crippen MR) is 111 cm³/mol. The number of hydrogen-bond donors (Lipinski definition) is 2. The monoisotopic (exact) mass is 418 g/mol. The number of carbonyl (C=O) groups is 2. The Morgan fingerprint density at radius 1 is 1.32 bits per heavy atom. The van der Waals surface area contributed by atoms with Crippen LogP contribution in [0.4, 0.5) is 5.13 Å². The molecule has 1 aromatic heterocycles. The van der Waals surface area contributed by atoms with Gasteiger partial charge >= 0.3 is 0 Å². The molecule has 2 amide bonds. The predicted octanol–water partition coefficient (Wildman–Crippen LogP) is 3.61. The molecular formula is C19H22N4O3S2. The van der Waals surface area contributed by atoms with Crippen LogP contribution >= 0.6 is 23.1 Å². The summed E-state index contributed by atoms with van der Waals surface area (Å²) in [6.07, 6.45) is 2.04. The molecule has 0 atom stereocenters. The van der Waals surface area contributed by atoms with Gasteiger partial charge < -0.3 is 15.4 Å². The molecule has 148 valence electrons. The molecule has 28 heavy (non-hydrogen) atoms. The number of thioether (sulfide) groups is 1. The first kappa shape index (κ1) is 21.7. The summed E-state index contributed by atoms with van der Waals surface area (Å²) in [6, 6.07) is 8.86. The Morgan fingerprint density at radius 2 is 2.07 bits per heavy atom. The SMILES string of the molecule is CCCCOc1ccc(C(=O)NCC(=O)Nc2nc(C)c(SCC#N)s2)cc1. The Labute approximate surface area is 172 Å². The van der Waals surface area contributed by atoms with Gasteiger partial charge in [-0.2, -0.15) is 5.26 Å². The minimum atomic E-state index is -0.363. The highest BCUT2D eigenvalue weighted by Gasteiger charge is 2.12. The van der Waals surface area contributed by atoms with Crippen molar-refractivity contribution >= 4 is 40.0 Å². The average molecular weight is 419 g/mol. The molecule has 2 N–H and O–H groups in total. The standard InChI is InChI=1S/C19H22N4O3S2/c1-3-4-10-26-15-7-5-14(6-8-15)17(25)21-12-16(24)23-19-22-13(2)18(28-19)27-11-9-20/h5-8H,3-4,10-12H2,1-2H3,(H,21,25)(H,22,23,24). The third kappa shape index (κ3) is 6.87. The second kappa shape index (κ2) is 11.3. The first-order valence-electron chi connectivity index (χ1n) is 8.81. The molecule has 0 unspecified atom stereocenters. The minimum Gasteiger partial charge on any atom is -0.494 e. The molecule has 0 aliphatic rings. The highest BCUT2D eigenvalue weighted by molar-refractivity contribution is 8.01. The number of nitrogens with one attached hydrogen (secondary N) is 2. The molecule has 0 fully saturated rings. The van der Waals surface area contributed by atoms with Crippen LogP contribution < -0.4 is 15.4 Å². The Bertz CT molecular complexity index is 844. The molecule has 0 aliphatic carbocycles. The van der Waals surface area contributed by atoms with Crippen LogP contribution in [0.25, 0.3) is 0 Å². The molecule has 0 bridgehead atoms. The van der Waals surface area contributed by atoms with Crippen molar-refractivity contribution in [2.45, 2.75) is 30.9 Å². The van der Waals surface area contributed by atoms with Gasteiger partial charge in [0.2, 0.25) is 5.91 Å². The molecular weight excluding hydrogens is 396 g/mol. The molecule has 0 saturated carbocycles. The van der Waals surface area contributed by atoms with Gasteiger partial charge in [-0.15, -0.1) is 0 Å². The summed E-state index contributed by atoms with van der Waals surface area (Å²) in [5.41, 5.74) is 1.22. The molecule has 9 heteroatoms. The number of aromatic nitrogens is 1. The quantitative estimate of drug-likeness (QED) is 0.451. The summed E-state index contributed by atoms with van der Waals surface area (Å²) < 4.78 is 6.45. The number of amides is 2. The number of thiazole rings is 1. The lowest BCUT2D eigenvalue weighted by molar-refractivity contribution is -0.115. The zero-order valence-electron chi connectivity index (χ0n) is 15.8. The second-order valence-electron chi connectivity index (χ2n) is 5.80. The summed E-state index contributed by atoms with van der Waals surface area (Å²) in [7, 11) is 0. The number of benzene rings is 1. The van der Waals surface area contributed by atoms with Gasteiger partial charge in [0.05, 0.1) is 34.9 Å². The van der Waals surface area contributed by atoms with Crippen LogP contribution in [0.15, 0.2) is 28.5 Å². The van der Waals surface area contributed by atoms with Crippen LogP contribution in [-0.2, 0) is 4.79 Å². The van der Waals surface area contributed by atoms with Crippen molar-refractivity contribution in [3.05, 3.63) is 35.5 Å². The normalized spacial score (nSPS) is 10.2. The molecule has 0 aliphatic heterocycles. The van der Waals surface area contributed by atoms with E-state index in [-0.39, 0.29) is 18.4 Å². The number of ether oxygens (including phenoxy) is 1. The molecule has 7 nitrogen and oxygen atoms in total. The molecule has 0 saturated heterocycles. The highest BCUT2D eigenvalue weighted by atomic mass is 32.2. The third-order valence-electron chi connectivity index (χ3n) is 3.56. The average Bonchev–Trinajstić information content (AvgIpc) is 3.04. The first-order chi connectivity index (χ1) is 13.5. The second-order valence-corrected chi connectivity index (χ2v) is 8.04. The molecule has 2 rings (SSSR count). The van der Waals surface area contributed by atoms with E-state index in [1.165, 1.54) is 23.1 Å². The van der Waals surface area contributed by atoms with Gasteiger partial charge in [-0.25, -0.2) is 4.98 Å². The Hall–Kier alpha value is -2.57. The van der Waals surface area contributed by atoms with E-state index in [4.69, 9.17) is 10.00 Å². The number of carbonyl (C=O) groups excluding carboxylic acids is 2. The van der Waals surface area contributed by atoms with E-state index in [2.05, 4.69) is 28.6 Å². The number of unbranched alkanes of at least 4 members (excludes halogenated alkanes) is 1. The van der Waals surface area contributed by atoms with Crippen LogP contribution in [0, 0.1) is 18.3 Å². The van der Waals surface area contributed by atoms with E-state index in [1.54, 1.807) is 24.3 Å². The minimum absolute atomic E-state index is 0.160. The van der Waals surface area contributed by atoms with E-state index in [9.17, 15) is 9.59 Å². The van der Waals surface area contributed by atoms with Crippen molar-refractivity contribution in [2.75, 3.05) is 24.2 Å². The molecule has 0 spiro atoms. The zero-order valence-corrected chi connectivity index (χ0v) is 17.4. The van der Waals surface area contributed by atoms with Crippen LogP contribution in [0.3, 0.4) is 0 Å². The van der Waals surface area contributed by atoms with E-state index in [0.29, 0.717) is 28.8 Å². The fraction of sp³-hybridized carbons (Fsp3) is 0.368. The van der Waals surface area contributed by atoms with Crippen LogP contribution in [0.5, 0.6) is 5.75 Å². The topological polar surface area (TPSA) is 104 Å². The van der Waals surface area contributed by atoms with Gasteiger partial charge in [0.25, 0.3) is 5.91 Å². The molecule has 1 heterocycles. The number of anilines is 1. The van der Waals surface area contributed by atoms with Crippen molar-refractivity contribution < 1.29 is 14.3 Å². The Morgan fingerprint density at radius 3 is 2.75 bits per heavy atom. The van der Waals surface area contributed by atoms with E-state index < -0.39 is 0 Å². The van der Waals surface area contributed by atoms with Gasteiger partial charge in [0.15, 0.2) is 5.13 Å². The van der Waals surface area contributed by atoms with E-state index in [0.717, 1.165) is 22.7 Å². The summed E-state index contributed by atoms with van der Waals surface area (Å²) in [5.74, 6) is 0.343. The van der Waals surface area contributed by atoms with Crippen molar-refractivity contribution in [2.24, 2.45) is 0 Å². The maximum absolute atomic E-state index is 12.2. The van der Waals surface area contributed by atoms with Gasteiger partial charge in [0.1, 0.15) is 5.75 Å². The number of nitrogens with zero attached hydrogens (tertiary/aromatic N) is 2. The summed E-state index contributed by atoms with van der Waals surface area (Å²) in [4.78, 5) is 28.5. The van der Waals surface area contributed by atoms with Crippen LogP contribution in [0.1, 0.15) is 35.8 Å². The maximum Gasteiger partial charge on any atom is 0.251 e. The number of hydrogen-bond acceptors (Lipinski definition) is 7. The number of nitriles is 1. The number of rotatable bonds is 10. The lowest BCUT2D eigenvalue weighted by atomic mass is 10.2. The van der Waals surface area contributed by atoms with Gasteiger partial charge in [-0.1, -0.05) is 36.4 Å². The highest BCUT2D eigenvalue weighted by Crippen LogP contribution is 2.31. The summed E-state index contributed by atoms with van der Waals surface area (Å²) >= 11 is 2.69. The fourth-order valence-electron chi connectivity index (χ4n) is 2.13. The zero-order chi connectivity index (χ0) is 20.4. The van der Waals surface area contributed by atoms with Gasteiger partial charge in [0, 0.05) is 5.56 Å². The van der Waals surface area contributed by atoms with Gasteiger partial charge in [-0.3, -0.25) is 9.59 Å². The van der Waals surface area contributed by atoms with E-state index in [1.807, 2.05) is 6.92 Å². The van der Waals surface area contributed by atoms with Crippen molar-refractivity contribution in [1.29, 1.82) is 5.26 Å². The first-order valence-corrected chi connectivity index (χ1v) is 10.6. The van der Waals surface area contributed by atoms with Gasteiger partial charge in [-0.05, 0) is 37.6 Å². The third-order valence-corrected chi connectivity index (χ3v) is 5.86. The maximum atomic E-state index is 12.2. The smallest absolute Gasteiger partial charge is 0.251 e. The Kier molecular flexibility index (Phi) is 8.78.